The third kappa shape index (κ3) is 4.33. The lowest BCUT2D eigenvalue weighted by Gasteiger charge is -2.17. The highest BCUT2D eigenvalue weighted by Crippen LogP contribution is 2.27. The van der Waals surface area contributed by atoms with E-state index < -0.39 is 41.0 Å². The van der Waals surface area contributed by atoms with Crippen LogP contribution in [0.2, 0.25) is 0 Å². The molecule has 3 rings (SSSR count). The molecule has 3 atom stereocenters. The zero-order valence-corrected chi connectivity index (χ0v) is 14.3. The minimum absolute atomic E-state index is 0.0658. The molecule has 1 fully saturated rings. The molecule has 13 heteroatoms. The van der Waals surface area contributed by atoms with Crippen molar-refractivity contribution in [3.05, 3.63) is 50.8 Å². The molecule has 3 heterocycles. The van der Waals surface area contributed by atoms with Gasteiger partial charge in [-0.1, -0.05) is 0 Å². The maximum absolute atomic E-state index is 12.1. The molecule has 0 aromatic carbocycles. The van der Waals surface area contributed by atoms with Crippen LogP contribution in [0.1, 0.15) is 18.4 Å². The van der Waals surface area contributed by atoms with E-state index in [-0.39, 0.29) is 31.2 Å². The molecule has 3 N–H and O–H groups in total. The average molecular weight is 396 g/mol. The molecule has 2 aromatic rings. The second-order valence-electron chi connectivity index (χ2n) is 5.84. The molecule has 13 nitrogen and oxygen atoms in total. The lowest BCUT2D eigenvalue weighted by atomic mass is 10.2. The minimum atomic E-state index is -0.993. The number of amides is 1. The number of hydrogen-bond donors (Lipinski definition) is 3. The molecule has 0 aliphatic carbocycles. The number of carbonyl (C=O) groups is 1. The molecular formula is C15H16N4O9. The van der Waals surface area contributed by atoms with Gasteiger partial charge in [0.25, 0.3) is 0 Å². The largest absolute Gasteiger partial charge is 0.441 e. The van der Waals surface area contributed by atoms with Crippen LogP contribution in [0.3, 0.4) is 0 Å². The summed E-state index contributed by atoms with van der Waals surface area (Å²) < 4.78 is 16.1. The number of aliphatic hydroxyl groups excluding tert-OH is 2. The first kappa shape index (κ1) is 19.5. The highest BCUT2D eigenvalue weighted by molar-refractivity contribution is 5.83. The highest BCUT2D eigenvalue weighted by atomic mass is 16.7. The minimum Gasteiger partial charge on any atom is -0.441 e. The van der Waals surface area contributed by atoms with Crippen molar-refractivity contribution in [3.8, 4) is 0 Å². The normalized spacial score (nSPS) is 21.4. The van der Waals surface area contributed by atoms with E-state index in [1.807, 2.05) is 0 Å². The fourth-order valence-electron chi connectivity index (χ4n) is 2.59. The van der Waals surface area contributed by atoms with Crippen molar-refractivity contribution in [1.82, 2.24) is 9.55 Å². The third-order valence-corrected chi connectivity index (χ3v) is 3.88. The van der Waals surface area contributed by atoms with Gasteiger partial charge < -0.3 is 24.1 Å². The summed E-state index contributed by atoms with van der Waals surface area (Å²) in [5.41, 5.74) is -0.790. The Morgan fingerprint density at radius 2 is 2.25 bits per heavy atom. The number of rotatable bonds is 6. The Hall–Kier alpha value is -3.29. The molecule has 0 bridgehead atoms. The molecular weight excluding hydrogens is 380 g/mol. The molecule has 0 radical (unpaired) electrons. The summed E-state index contributed by atoms with van der Waals surface area (Å²) in [6.07, 6.45) is -2.08. The molecule has 3 unspecified atom stereocenters. The van der Waals surface area contributed by atoms with Crippen LogP contribution in [-0.2, 0) is 16.1 Å². The Kier molecular flexibility index (Phi) is 5.67. The maximum Gasteiger partial charge on any atom is 0.433 e. The van der Waals surface area contributed by atoms with Crippen LogP contribution in [0.25, 0.3) is 0 Å². The number of anilines is 1. The number of carbonyl (C=O) groups excluding carboxylic acids is 1. The van der Waals surface area contributed by atoms with Crippen LogP contribution >= 0.6 is 0 Å². The van der Waals surface area contributed by atoms with Crippen LogP contribution < -0.4 is 11.0 Å². The fraction of sp³-hybridized carbons (Fsp3) is 0.400. The molecule has 150 valence electrons. The lowest BCUT2D eigenvalue weighted by Crippen LogP contribution is -2.32. The van der Waals surface area contributed by atoms with E-state index in [4.69, 9.17) is 19.0 Å². The molecule has 0 saturated carbocycles. The van der Waals surface area contributed by atoms with Crippen molar-refractivity contribution in [2.24, 2.45) is 0 Å². The van der Waals surface area contributed by atoms with Crippen molar-refractivity contribution >= 4 is 17.8 Å². The van der Waals surface area contributed by atoms with Crippen molar-refractivity contribution in [2.45, 2.75) is 31.5 Å². The van der Waals surface area contributed by atoms with E-state index in [2.05, 4.69) is 10.3 Å². The zero-order chi connectivity index (χ0) is 20.3. The zero-order valence-electron chi connectivity index (χ0n) is 14.3. The summed E-state index contributed by atoms with van der Waals surface area (Å²) in [6.45, 7) is -0.651. The van der Waals surface area contributed by atoms with E-state index >= 15 is 0 Å². The Morgan fingerprint density at radius 1 is 1.46 bits per heavy atom. The Bertz CT molecular complexity index is 924. The summed E-state index contributed by atoms with van der Waals surface area (Å²) >= 11 is 0. The van der Waals surface area contributed by atoms with E-state index in [1.54, 1.807) is 0 Å². The van der Waals surface area contributed by atoms with Crippen LogP contribution in [-0.4, -0.2) is 49.6 Å². The van der Waals surface area contributed by atoms with Gasteiger partial charge in [-0.2, -0.15) is 4.98 Å². The number of nitro groups is 1. The van der Waals surface area contributed by atoms with E-state index in [1.165, 1.54) is 18.3 Å². The first-order valence-electron chi connectivity index (χ1n) is 8.08. The summed E-state index contributed by atoms with van der Waals surface area (Å²) in [5, 5.41) is 31.8. The second kappa shape index (κ2) is 8.16. The highest BCUT2D eigenvalue weighted by Gasteiger charge is 2.35. The fourth-order valence-corrected chi connectivity index (χ4v) is 2.59. The standard InChI is InChI=1S/C15H16N4O9/c20-6-9-5-10(21)13(28-9)18-4-3-11(16-14(18)22)17-15(23)26-7-8-1-2-12(27-8)19(24)25/h1-4,9-10,13,20-21H,5-7H2,(H,16,17,22,23). The van der Waals surface area contributed by atoms with Crippen LogP contribution in [0.5, 0.6) is 0 Å². The third-order valence-electron chi connectivity index (χ3n) is 3.88. The summed E-state index contributed by atoms with van der Waals surface area (Å²) in [4.78, 5) is 37.3. The van der Waals surface area contributed by atoms with Crippen LogP contribution in [0.4, 0.5) is 16.5 Å². The maximum atomic E-state index is 12.1. The van der Waals surface area contributed by atoms with Gasteiger partial charge in [0.2, 0.25) is 0 Å². The number of furan rings is 1. The summed E-state index contributed by atoms with van der Waals surface area (Å²) in [7, 11) is 0. The van der Waals surface area contributed by atoms with Crippen LogP contribution in [0, 0.1) is 10.1 Å². The Balaban J connectivity index is 1.58. The molecule has 1 aliphatic rings. The SMILES string of the molecule is O=C(Nc1ccn(C2OC(CO)CC2O)c(=O)n1)OCc1ccc([N+](=O)[O-])o1. The second-order valence-corrected chi connectivity index (χ2v) is 5.84. The van der Waals surface area contributed by atoms with E-state index in [9.17, 15) is 24.8 Å². The number of hydrogen-bond acceptors (Lipinski definition) is 10. The summed E-state index contributed by atoms with van der Waals surface area (Å²) in [5.74, 6) is -0.525. The topological polar surface area (TPSA) is 179 Å². The lowest BCUT2D eigenvalue weighted by molar-refractivity contribution is -0.402. The van der Waals surface area contributed by atoms with Gasteiger partial charge >= 0.3 is 17.7 Å². The van der Waals surface area contributed by atoms with Gasteiger partial charge in [-0.3, -0.25) is 20.0 Å². The number of ether oxygens (including phenoxy) is 2. The smallest absolute Gasteiger partial charge is 0.433 e. The van der Waals surface area contributed by atoms with Gasteiger partial charge in [0.1, 0.15) is 22.6 Å². The van der Waals surface area contributed by atoms with Crippen molar-refractivity contribution < 1.29 is 33.8 Å². The predicted molar refractivity (Wildman–Crippen MR) is 89.3 cm³/mol. The first-order valence-corrected chi connectivity index (χ1v) is 8.08. The Morgan fingerprint density at radius 3 is 2.86 bits per heavy atom. The number of nitrogens with zero attached hydrogens (tertiary/aromatic N) is 3. The molecule has 1 amide bonds. The van der Waals surface area contributed by atoms with Gasteiger partial charge in [-0.05, 0) is 12.1 Å². The molecule has 2 aromatic heterocycles. The van der Waals surface area contributed by atoms with E-state index in [0.717, 1.165) is 10.6 Å². The monoisotopic (exact) mass is 396 g/mol. The van der Waals surface area contributed by atoms with Crippen LogP contribution in [0.15, 0.2) is 33.6 Å². The van der Waals surface area contributed by atoms with Gasteiger partial charge in [0, 0.05) is 12.6 Å². The Labute approximate surface area is 156 Å². The van der Waals surface area contributed by atoms with Gasteiger partial charge in [0.05, 0.1) is 18.8 Å². The first-order chi connectivity index (χ1) is 13.4. The molecule has 0 spiro atoms. The molecule has 1 saturated heterocycles. The van der Waals surface area contributed by atoms with Crippen molar-refractivity contribution in [1.29, 1.82) is 0 Å². The number of nitrogens with one attached hydrogen (secondary N) is 1. The summed E-state index contributed by atoms with van der Waals surface area (Å²) in [6, 6.07) is 3.71. The van der Waals surface area contributed by atoms with Gasteiger partial charge in [-0.15, -0.1) is 0 Å². The van der Waals surface area contributed by atoms with Crippen molar-refractivity contribution in [2.75, 3.05) is 11.9 Å². The predicted octanol–water partition coefficient (Wildman–Crippen LogP) is 0.134. The quantitative estimate of drug-likeness (QED) is 0.449. The van der Waals surface area contributed by atoms with Gasteiger partial charge in [0.15, 0.2) is 12.8 Å². The van der Waals surface area contributed by atoms with E-state index in [0.29, 0.717) is 0 Å². The molecule has 28 heavy (non-hydrogen) atoms. The van der Waals surface area contributed by atoms with Gasteiger partial charge in [-0.25, -0.2) is 9.59 Å². The molecule has 1 aliphatic heterocycles. The number of aromatic nitrogens is 2. The number of aliphatic hydroxyl groups is 2. The average Bonchev–Trinajstić information content (AvgIpc) is 3.27. The van der Waals surface area contributed by atoms with Crippen molar-refractivity contribution in [3.63, 3.8) is 0 Å².